The number of fused-ring (bicyclic) bond motifs is 1. The summed E-state index contributed by atoms with van der Waals surface area (Å²) in [5, 5.41) is 3.75. The molecule has 168 valence electrons. The van der Waals surface area contributed by atoms with Crippen LogP contribution in [0.2, 0.25) is 5.02 Å². The zero-order valence-corrected chi connectivity index (χ0v) is 19.1. The average molecular weight is 460 g/mol. The number of halogens is 1. The number of para-hydroxylation sites is 2. The van der Waals surface area contributed by atoms with E-state index in [1.54, 1.807) is 12.4 Å². The molecule has 1 aliphatic rings. The van der Waals surface area contributed by atoms with Gasteiger partial charge in [-0.1, -0.05) is 35.9 Å². The van der Waals surface area contributed by atoms with E-state index in [-0.39, 0.29) is 11.8 Å². The standard InChI is InChI=1S/C26H26ClN5O/c27-21-7-5-19(6-8-21)17-32-24-4-2-1-3-23(24)30-25(32)18-31-15-11-20(12-16-31)26(33)29-22-9-13-28-14-10-22/h1-10,13-14,20H,11-12,15-18H2,(H,28,29,33). The number of amides is 1. The lowest BCUT2D eigenvalue weighted by molar-refractivity contribution is -0.121. The molecule has 4 aromatic rings. The molecule has 0 unspecified atom stereocenters. The van der Waals surface area contributed by atoms with Gasteiger partial charge < -0.3 is 9.88 Å². The van der Waals surface area contributed by atoms with Gasteiger partial charge in [0.05, 0.1) is 17.6 Å². The quantitative estimate of drug-likeness (QED) is 0.441. The minimum atomic E-state index is 0.0299. The zero-order chi connectivity index (χ0) is 22.6. The summed E-state index contributed by atoms with van der Waals surface area (Å²) in [6.07, 6.45) is 5.06. The fraction of sp³-hybridized carbons (Fsp3) is 0.269. The van der Waals surface area contributed by atoms with Gasteiger partial charge in [0, 0.05) is 35.6 Å². The van der Waals surface area contributed by atoms with Gasteiger partial charge >= 0.3 is 0 Å². The van der Waals surface area contributed by atoms with Crippen molar-refractivity contribution >= 4 is 34.2 Å². The van der Waals surface area contributed by atoms with Crippen LogP contribution in [0.3, 0.4) is 0 Å². The fourth-order valence-corrected chi connectivity index (χ4v) is 4.55. The van der Waals surface area contributed by atoms with Crippen LogP contribution in [0.25, 0.3) is 11.0 Å². The largest absolute Gasteiger partial charge is 0.326 e. The first-order chi connectivity index (χ1) is 16.2. The predicted octanol–water partition coefficient (Wildman–Crippen LogP) is 4.98. The molecule has 0 atom stereocenters. The molecule has 1 aliphatic heterocycles. The van der Waals surface area contributed by atoms with Crippen LogP contribution in [0.1, 0.15) is 24.2 Å². The van der Waals surface area contributed by atoms with Crippen molar-refractivity contribution in [3.05, 3.63) is 89.5 Å². The molecular formula is C26H26ClN5O. The van der Waals surface area contributed by atoms with Crippen molar-refractivity contribution in [1.29, 1.82) is 0 Å². The third kappa shape index (κ3) is 5.07. The molecule has 0 aliphatic carbocycles. The Bertz CT molecular complexity index is 1230. The van der Waals surface area contributed by atoms with E-state index < -0.39 is 0 Å². The molecule has 1 fully saturated rings. The van der Waals surface area contributed by atoms with E-state index >= 15 is 0 Å². The molecule has 0 spiro atoms. The molecule has 0 bridgehead atoms. The van der Waals surface area contributed by atoms with Gasteiger partial charge in [0.15, 0.2) is 0 Å². The van der Waals surface area contributed by atoms with Crippen LogP contribution < -0.4 is 5.32 Å². The third-order valence-corrected chi connectivity index (χ3v) is 6.51. The predicted molar refractivity (Wildman–Crippen MR) is 131 cm³/mol. The monoisotopic (exact) mass is 459 g/mol. The number of hydrogen-bond acceptors (Lipinski definition) is 4. The number of likely N-dealkylation sites (tertiary alicyclic amines) is 1. The van der Waals surface area contributed by atoms with Crippen LogP contribution in [0, 0.1) is 5.92 Å². The number of rotatable bonds is 6. The van der Waals surface area contributed by atoms with Crippen LogP contribution in [-0.2, 0) is 17.9 Å². The molecule has 7 heteroatoms. The van der Waals surface area contributed by atoms with Crippen molar-refractivity contribution in [1.82, 2.24) is 19.4 Å². The molecule has 1 amide bonds. The third-order valence-electron chi connectivity index (χ3n) is 6.26. The summed E-state index contributed by atoms with van der Waals surface area (Å²) < 4.78 is 2.29. The van der Waals surface area contributed by atoms with E-state index in [1.807, 2.05) is 30.3 Å². The molecule has 6 nitrogen and oxygen atoms in total. The number of piperidine rings is 1. The van der Waals surface area contributed by atoms with Gasteiger partial charge in [0.1, 0.15) is 5.82 Å². The van der Waals surface area contributed by atoms with Gasteiger partial charge in [-0.25, -0.2) is 4.98 Å². The number of benzene rings is 2. The van der Waals surface area contributed by atoms with Crippen molar-refractivity contribution in [3.63, 3.8) is 0 Å². The molecular weight excluding hydrogens is 434 g/mol. The summed E-state index contributed by atoms with van der Waals surface area (Å²) in [6.45, 7) is 3.26. The number of nitrogens with zero attached hydrogens (tertiary/aromatic N) is 4. The SMILES string of the molecule is O=C(Nc1ccncc1)C1CCN(Cc2nc3ccccc3n2Cc2ccc(Cl)cc2)CC1. The lowest BCUT2D eigenvalue weighted by Gasteiger charge is -2.31. The molecule has 33 heavy (non-hydrogen) atoms. The van der Waals surface area contributed by atoms with Crippen molar-refractivity contribution in [2.45, 2.75) is 25.9 Å². The number of imidazole rings is 1. The first kappa shape index (κ1) is 21.6. The number of anilines is 1. The summed E-state index contributed by atoms with van der Waals surface area (Å²) in [7, 11) is 0. The normalized spacial score (nSPS) is 15.1. The highest BCUT2D eigenvalue weighted by Crippen LogP contribution is 2.24. The van der Waals surface area contributed by atoms with E-state index in [4.69, 9.17) is 16.6 Å². The summed E-state index contributed by atoms with van der Waals surface area (Å²) in [4.78, 5) is 24.0. The zero-order valence-electron chi connectivity index (χ0n) is 18.3. The second-order valence-electron chi connectivity index (χ2n) is 8.50. The maximum atomic E-state index is 12.7. The van der Waals surface area contributed by atoms with Gasteiger partial charge in [-0.3, -0.25) is 14.7 Å². The van der Waals surface area contributed by atoms with Crippen LogP contribution in [-0.4, -0.2) is 38.4 Å². The van der Waals surface area contributed by atoms with E-state index in [9.17, 15) is 4.79 Å². The Morgan fingerprint density at radius 1 is 0.970 bits per heavy atom. The Labute approximate surface area is 198 Å². The van der Waals surface area contributed by atoms with Crippen LogP contribution in [0.5, 0.6) is 0 Å². The van der Waals surface area contributed by atoms with Crippen LogP contribution >= 0.6 is 11.6 Å². The Hall–Kier alpha value is -3.22. The van der Waals surface area contributed by atoms with Crippen LogP contribution in [0.4, 0.5) is 5.69 Å². The minimum Gasteiger partial charge on any atom is -0.326 e. The number of nitrogens with one attached hydrogen (secondary N) is 1. The van der Waals surface area contributed by atoms with Crippen LogP contribution in [0.15, 0.2) is 73.1 Å². The minimum absolute atomic E-state index is 0.0299. The Morgan fingerprint density at radius 2 is 1.70 bits per heavy atom. The topological polar surface area (TPSA) is 63.1 Å². The van der Waals surface area contributed by atoms with Gasteiger partial charge in [0.25, 0.3) is 0 Å². The molecule has 1 N–H and O–H groups in total. The summed E-state index contributed by atoms with van der Waals surface area (Å²) >= 11 is 6.07. The maximum absolute atomic E-state index is 12.7. The van der Waals surface area contributed by atoms with Gasteiger partial charge in [-0.2, -0.15) is 0 Å². The highest BCUT2D eigenvalue weighted by Gasteiger charge is 2.26. The van der Waals surface area contributed by atoms with E-state index in [0.717, 1.165) is 66.6 Å². The molecule has 3 heterocycles. The fourth-order valence-electron chi connectivity index (χ4n) is 4.43. The number of carbonyl (C=O) groups excluding carboxylic acids is 1. The molecule has 1 saturated heterocycles. The lowest BCUT2D eigenvalue weighted by atomic mass is 9.96. The Morgan fingerprint density at radius 3 is 2.45 bits per heavy atom. The molecule has 2 aromatic heterocycles. The van der Waals surface area contributed by atoms with E-state index in [0.29, 0.717) is 0 Å². The smallest absolute Gasteiger partial charge is 0.227 e. The second-order valence-corrected chi connectivity index (χ2v) is 8.94. The number of carbonyl (C=O) groups is 1. The second kappa shape index (κ2) is 9.73. The Kier molecular flexibility index (Phi) is 6.37. The van der Waals surface area contributed by atoms with Gasteiger partial charge in [-0.05, 0) is 67.9 Å². The molecule has 0 radical (unpaired) electrons. The van der Waals surface area contributed by atoms with E-state index in [2.05, 4.69) is 50.1 Å². The number of pyridine rings is 1. The highest BCUT2D eigenvalue weighted by atomic mass is 35.5. The Balaban J connectivity index is 1.27. The molecule has 2 aromatic carbocycles. The number of hydrogen-bond donors (Lipinski definition) is 1. The number of aromatic nitrogens is 3. The van der Waals surface area contributed by atoms with Gasteiger partial charge in [-0.15, -0.1) is 0 Å². The molecule has 0 saturated carbocycles. The lowest BCUT2D eigenvalue weighted by Crippen LogP contribution is -2.38. The highest BCUT2D eigenvalue weighted by molar-refractivity contribution is 6.30. The van der Waals surface area contributed by atoms with Crippen molar-refractivity contribution in [2.75, 3.05) is 18.4 Å². The average Bonchev–Trinajstić information content (AvgIpc) is 3.18. The van der Waals surface area contributed by atoms with Gasteiger partial charge in [0.2, 0.25) is 5.91 Å². The molecule has 5 rings (SSSR count). The first-order valence-electron chi connectivity index (χ1n) is 11.3. The summed E-state index contributed by atoms with van der Waals surface area (Å²) in [5.74, 6) is 1.17. The first-order valence-corrected chi connectivity index (χ1v) is 11.7. The summed E-state index contributed by atoms with van der Waals surface area (Å²) in [5.41, 5.74) is 4.13. The van der Waals surface area contributed by atoms with Crippen molar-refractivity contribution < 1.29 is 4.79 Å². The summed E-state index contributed by atoms with van der Waals surface area (Å²) in [6, 6.07) is 19.9. The van der Waals surface area contributed by atoms with Crippen molar-refractivity contribution in [3.8, 4) is 0 Å². The van der Waals surface area contributed by atoms with E-state index in [1.165, 1.54) is 5.56 Å². The maximum Gasteiger partial charge on any atom is 0.227 e. The van der Waals surface area contributed by atoms with Crippen molar-refractivity contribution in [2.24, 2.45) is 5.92 Å².